The number of carbonyl (C=O) groups is 2. The van der Waals surface area contributed by atoms with Crippen molar-refractivity contribution in [2.75, 3.05) is 25.1 Å². The Labute approximate surface area is 115 Å². The maximum absolute atomic E-state index is 11.5. The van der Waals surface area contributed by atoms with Gasteiger partial charge in [-0.2, -0.15) is 0 Å². The third-order valence-corrected chi connectivity index (χ3v) is 3.26. The van der Waals surface area contributed by atoms with E-state index in [2.05, 4.69) is 14.7 Å². The number of aliphatic carboxylic acids is 1. The largest absolute Gasteiger partial charge is 0.480 e. The van der Waals surface area contributed by atoms with Crippen LogP contribution in [0.3, 0.4) is 0 Å². The predicted octanol–water partition coefficient (Wildman–Crippen LogP) is -0.436. The fourth-order valence-electron chi connectivity index (χ4n) is 2.10. The van der Waals surface area contributed by atoms with Gasteiger partial charge in [0.15, 0.2) is 0 Å². The number of hydrogen-bond donors (Lipinski definition) is 2. The van der Waals surface area contributed by atoms with Gasteiger partial charge in [-0.3, -0.25) is 4.79 Å². The van der Waals surface area contributed by atoms with Gasteiger partial charge in [0.05, 0.1) is 7.11 Å². The zero-order valence-corrected chi connectivity index (χ0v) is 11.3. The van der Waals surface area contributed by atoms with E-state index in [0.29, 0.717) is 24.5 Å². The van der Waals surface area contributed by atoms with E-state index in [1.54, 1.807) is 17.9 Å². The molecular formula is C12H16N4O4. The van der Waals surface area contributed by atoms with Crippen LogP contribution in [-0.4, -0.2) is 52.8 Å². The van der Waals surface area contributed by atoms with Gasteiger partial charge in [0.1, 0.15) is 11.4 Å². The molecule has 0 radical (unpaired) electrons. The number of ether oxygens (including phenoxy) is 1. The quantitative estimate of drug-likeness (QED) is 0.715. The number of hydrogen-bond acceptors (Lipinski definition) is 7. The van der Waals surface area contributed by atoms with Gasteiger partial charge in [0, 0.05) is 24.8 Å². The molecule has 1 aliphatic heterocycles. The molecule has 0 aromatic carbocycles. The molecule has 1 atom stereocenters. The van der Waals surface area contributed by atoms with Crippen molar-refractivity contribution < 1.29 is 19.4 Å². The molecule has 1 aliphatic rings. The molecule has 8 nitrogen and oxygen atoms in total. The summed E-state index contributed by atoms with van der Waals surface area (Å²) in [7, 11) is 1.25. The lowest BCUT2D eigenvalue weighted by Crippen LogP contribution is -2.50. The summed E-state index contributed by atoms with van der Waals surface area (Å²) in [5.41, 5.74) is 5.13. The molecule has 0 saturated carbocycles. The van der Waals surface area contributed by atoms with Crippen LogP contribution in [0.4, 0.5) is 5.82 Å². The van der Waals surface area contributed by atoms with Crippen LogP contribution < -0.4 is 10.6 Å². The van der Waals surface area contributed by atoms with Crippen LogP contribution in [0.25, 0.3) is 0 Å². The highest BCUT2D eigenvalue weighted by atomic mass is 16.5. The molecular weight excluding hydrogens is 264 g/mol. The minimum atomic E-state index is -1.29. The summed E-state index contributed by atoms with van der Waals surface area (Å²) in [6.07, 6.45) is 0.318. The average molecular weight is 280 g/mol. The van der Waals surface area contributed by atoms with Crippen molar-refractivity contribution in [3.05, 3.63) is 17.6 Å². The van der Waals surface area contributed by atoms with E-state index in [9.17, 15) is 9.59 Å². The summed E-state index contributed by atoms with van der Waals surface area (Å²) in [4.78, 5) is 32.4. The zero-order chi connectivity index (χ0) is 14.9. The number of esters is 1. The summed E-state index contributed by atoms with van der Waals surface area (Å²) in [6.45, 7) is 2.32. The van der Waals surface area contributed by atoms with Crippen molar-refractivity contribution in [2.24, 2.45) is 5.73 Å². The topological polar surface area (TPSA) is 119 Å². The number of aromatic nitrogens is 2. The summed E-state index contributed by atoms with van der Waals surface area (Å²) in [6, 6.07) is 1.68. The highest BCUT2D eigenvalue weighted by molar-refractivity contribution is 5.85. The molecule has 0 amide bonds. The van der Waals surface area contributed by atoms with E-state index >= 15 is 0 Å². The third kappa shape index (κ3) is 2.55. The van der Waals surface area contributed by atoms with Crippen molar-refractivity contribution in [3.8, 4) is 0 Å². The van der Waals surface area contributed by atoms with Crippen LogP contribution in [0.2, 0.25) is 0 Å². The van der Waals surface area contributed by atoms with Crippen LogP contribution in [0, 0.1) is 6.92 Å². The Hall–Kier alpha value is -2.22. The number of nitrogens with zero attached hydrogens (tertiary/aromatic N) is 3. The fourth-order valence-corrected chi connectivity index (χ4v) is 2.10. The summed E-state index contributed by atoms with van der Waals surface area (Å²) in [5, 5.41) is 9.11. The molecule has 1 unspecified atom stereocenters. The Bertz CT molecular complexity index is 562. The van der Waals surface area contributed by atoms with Crippen molar-refractivity contribution in [1.29, 1.82) is 0 Å². The normalized spacial score (nSPS) is 21.9. The minimum Gasteiger partial charge on any atom is -0.480 e. The second-order valence-electron chi connectivity index (χ2n) is 4.82. The number of nitrogens with two attached hydrogens (primary N) is 1. The molecule has 20 heavy (non-hydrogen) atoms. The van der Waals surface area contributed by atoms with Crippen LogP contribution in [0.5, 0.6) is 0 Å². The first-order valence-electron chi connectivity index (χ1n) is 6.07. The predicted molar refractivity (Wildman–Crippen MR) is 69.5 cm³/mol. The van der Waals surface area contributed by atoms with Gasteiger partial charge in [-0.15, -0.1) is 0 Å². The van der Waals surface area contributed by atoms with Crippen molar-refractivity contribution >= 4 is 17.8 Å². The van der Waals surface area contributed by atoms with E-state index in [-0.39, 0.29) is 12.4 Å². The molecule has 108 valence electrons. The minimum absolute atomic E-state index is 0.0488. The van der Waals surface area contributed by atoms with Gasteiger partial charge >= 0.3 is 11.9 Å². The summed E-state index contributed by atoms with van der Waals surface area (Å²) < 4.78 is 4.59. The standard InChI is InChI=1S/C12H16N4O4/c1-7-5-8(15-9(14-7)10(17)20-2)16-4-3-12(13,6-16)11(18)19/h5H,3-4,6,13H2,1-2H3,(H,18,19). The van der Waals surface area contributed by atoms with E-state index in [1.807, 2.05) is 0 Å². The highest BCUT2D eigenvalue weighted by Crippen LogP contribution is 2.24. The van der Waals surface area contributed by atoms with E-state index in [4.69, 9.17) is 10.8 Å². The molecule has 1 aromatic heterocycles. The molecule has 0 aliphatic carbocycles. The SMILES string of the molecule is COC(=O)c1nc(C)cc(N2CCC(N)(C(=O)O)C2)n1. The third-order valence-electron chi connectivity index (χ3n) is 3.26. The van der Waals surface area contributed by atoms with Crippen molar-refractivity contribution in [1.82, 2.24) is 9.97 Å². The van der Waals surface area contributed by atoms with E-state index < -0.39 is 17.5 Å². The molecule has 1 aromatic rings. The Morgan fingerprint density at radius 1 is 1.50 bits per heavy atom. The number of anilines is 1. The van der Waals surface area contributed by atoms with Crippen molar-refractivity contribution in [3.63, 3.8) is 0 Å². The van der Waals surface area contributed by atoms with Gasteiger partial charge < -0.3 is 20.5 Å². The van der Waals surface area contributed by atoms with Crippen molar-refractivity contribution in [2.45, 2.75) is 18.9 Å². The number of carbonyl (C=O) groups excluding carboxylic acids is 1. The first-order valence-corrected chi connectivity index (χ1v) is 6.07. The summed E-state index contributed by atoms with van der Waals surface area (Å²) in [5.74, 6) is -1.25. The summed E-state index contributed by atoms with van der Waals surface area (Å²) >= 11 is 0. The average Bonchev–Trinajstić information content (AvgIpc) is 2.81. The van der Waals surface area contributed by atoms with E-state index in [0.717, 1.165) is 0 Å². The van der Waals surface area contributed by atoms with Crippen LogP contribution in [-0.2, 0) is 9.53 Å². The molecule has 1 saturated heterocycles. The van der Waals surface area contributed by atoms with Crippen LogP contribution in [0.15, 0.2) is 6.07 Å². The first kappa shape index (κ1) is 14.2. The number of carboxylic acids is 1. The van der Waals surface area contributed by atoms with E-state index in [1.165, 1.54) is 7.11 Å². The molecule has 1 fully saturated rings. The maximum atomic E-state index is 11.5. The highest BCUT2D eigenvalue weighted by Gasteiger charge is 2.41. The van der Waals surface area contributed by atoms with Crippen LogP contribution >= 0.6 is 0 Å². The van der Waals surface area contributed by atoms with Gasteiger partial charge in [0.2, 0.25) is 5.82 Å². The molecule has 2 heterocycles. The second-order valence-corrected chi connectivity index (χ2v) is 4.82. The monoisotopic (exact) mass is 280 g/mol. The molecule has 8 heteroatoms. The van der Waals surface area contributed by atoms with Gasteiger partial charge in [-0.05, 0) is 13.3 Å². The zero-order valence-electron chi connectivity index (χ0n) is 11.3. The Morgan fingerprint density at radius 2 is 2.20 bits per heavy atom. The first-order chi connectivity index (χ1) is 9.35. The number of carboxylic acid groups (broad SMARTS) is 1. The van der Waals surface area contributed by atoms with Gasteiger partial charge in [-0.25, -0.2) is 14.8 Å². The Morgan fingerprint density at radius 3 is 2.75 bits per heavy atom. The number of aryl methyl sites for hydroxylation is 1. The fraction of sp³-hybridized carbons (Fsp3) is 0.500. The second kappa shape index (κ2) is 5.04. The maximum Gasteiger partial charge on any atom is 0.376 e. The lowest BCUT2D eigenvalue weighted by molar-refractivity contribution is -0.142. The Balaban J connectivity index is 2.28. The molecule has 2 rings (SSSR count). The number of methoxy groups -OCH3 is 1. The van der Waals surface area contributed by atoms with Gasteiger partial charge in [-0.1, -0.05) is 0 Å². The van der Waals surface area contributed by atoms with Crippen LogP contribution in [0.1, 0.15) is 22.7 Å². The Kier molecular flexibility index (Phi) is 3.58. The van der Waals surface area contributed by atoms with Gasteiger partial charge in [0.25, 0.3) is 0 Å². The smallest absolute Gasteiger partial charge is 0.376 e. The molecule has 0 bridgehead atoms. The lowest BCUT2D eigenvalue weighted by Gasteiger charge is -2.21. The molecule has 3 N–H and O–H groups in total. The lowest BCUT2D eigenvalue weighted by atomic mass is 10.0. The molecule has 0 spiro atoms. The number of rotatable bonds is 3.